The number of halogens is 2. The van der Waals surface area contributed by atoms with E-state index in [1.54, 1.807) is 41.3 Å². The quantitative estimate of drug-likeness (QED) is 0.376. The molecule has 1 amide bonds. The van der Waals surface area contributed by atoms with Gasteiger partial charge in [-0.25, -0.2) is 0 Å². The number of aromatic amines is 1. The number of benzene rings is 3. The molecule has 6 heteroatoms. The van der Waals surface area contributed by atoms with E-state index in [4.69, 9.17) is 23.2 Å². The van der Waals surface area contributed by atoms with Crippen molar-refractivity contribution in [1.29, 1.82) is 0 Å². The number of nitrogens with zero attached hydrogens (tertiary/aromatic N) is 1. The Balaban J connectivity index is 1.76. The summed E-state index contributed by atoms with van der Waals surface area (Å²) < 4.78 is 0. The van der Waals surface area contributed by atoms with Crippen LogP contribution in [-0.2, 0) is 13.1 Å². The van der Waals surface area contributed by atoms with Crippen molar-refractivity contribution in [2.45, 2.75) is 26.9 Å². The summed E-state index contributed by atoms with van der Waals surface area (Å²) in [7, 11) is 0. The number of rotatable bonds is 5. The van der Waals surface area contributed by atoms with Gasteiger partial charge in [0, 0.05) is 22.5 Å². The van der Waals surface area contributed by atoms with Crippen LogP contribution in [0.4, 0.5) is 0 Å². The van der Waals surface area contributed by atoms with Crippen LogP contribution in [0, 0.1) is 13.8 Å². The maximum absolute atomic E-state index is 13.4. The fourth-order valence-electron chi connectivity index (χ4n) is 3.76. The van der Waals surface area contributed by atoms with E-state index in [1.807, 2.05) is 44.2 Å². The molecule has 0 aliphatic rings. The summed E-state index contributed by atoms with van der Waals surface area (Å²) in [5, 5.41) is 1.96. The van der Waals surface area contributed by atoms with Gasteiger partial charge in [-0.3, -0.25) is 9.59 Å². The van der Waals surface area contributed by atoms with Gasteiger partial charge in [-0.2, -0.15) is 0 Å². The Kier molecular flexibility index (Phi) is 6.35. The summed E-state index contributed by atoms with van der Waals surface area (Å²) in [5.41, 5.74) is 4.48. The number of hydrogen-bond acceptors (Lipinski definition) is 2. The molecule has 32 heavy (non-hydrogen) atoms. The van der Waals surface area contributed by atoms with E-state index in [2.05, 4.69) is 4.98 Å². The number of carbonyl (C=O) groups excluding carboxylic acids is 1. The number of aryl methyl sites for hydroxylation is 2. The molecule has 4 nitrogen and oxygen atoms in total. The van der Waals surface area contributed by atoms with Crippen molar-refractivity contribution in [2.75, 3.05) is 0 Å². The summed E-state index contributed by atoms with van der Waals surface area (Å²) in [4.78, 5) is 31.0. The largest absolute Gasteiger partial charge is 0.330 e. The zero-order valence-corrected chi connectivity index (χ0v) is 19.3. The molecule has 0 aliphatic carbocycles. The number of carbonyl (C=O) groups is 1. The predicted molar refractivity (Wildman–Crippen MR) is 131 cm³/mol. The van der Waals surface area contributed by atoms with Gasteiger partial charge in [0.1, 0.15) is 0 Å². The molecule has 0 atom stereocenters. The Morgan fingerprint density at radius 3 is 2.31 bits per heavy atom. The molecule has 4 aromatic rings. The number of pyridine rings is 1. The van der Waals surface area contributed by atoms with Crippen molar-refractivity contribution in [3.05, 3.63) is 115 Å². The summed E-state index contributed by atoms with van der Waals surface area (Å²) >= 11 is 12.3. The van der Waals surface area contributed by atoms with Gasteiger partial charge in [0.15, 0.2) is 0 Å². The highest BCUT2D eigenvalue weighted by molar-refractivity contribution is 6.33. The summed E-state index contributed by atoms with van der Waals surface area (Å²) in [5.74, 6) is -0.244. The standard InChI is InChI=1S/C26H22Cl2N2O2/c1-16-7-8-17(2)24-22(16)13-19(25(31)29-24)15-30(14-18-9-11-20(27)12-10-18)26(32)21-5-3-4-6-23(21)28/h3-13H,14-15H2,1-2H3,(H,29,31). The van der Waals surface area contributed by atoms with Crippen molar-refractivity contribution in [3.63, 3.8) is 0 Å². The molecule has 0 saturated carbocycles. The monoisotopic (exact) mass is 464 g/mol. The average Bonchev–Trinajstić information content (AvgIpc) is 2.78. The summed E-state index contributed by atoms with van der Waals surface area (Å²) in [6, 6.07) is 20.1. The summed E-state index contributed by atoms with van der Waals surface area (Å²) in [6.45, 7) is 4.42. The maximum Gasteiger partial charge on any atom is 0.255 e. The van der Waals surface area contributed by atoms with Gasteiger partial charge in [0.2, 0.25) is 0 Å². The van der Waals surface area contributed by atoms with E-state index in [0.29, 0.717) is 27.7 Å². The lowest BCUT2D eigenvalue weighted by atomic mass is 10.0. The minimum absolute atomic E-state index is 0.144. The first-order valence-electron chi connectivity index (χ1n) is 10.2. The van der Waals surface area contributed by atoms with Crippen LogP contribution >= 0.6 is 23.2 Å². The smallest absolute Gasteiger partial charge is 0.255 e. The third-order valence-corrected chi connectivity index (χ3v) is 6.14. The third-order valence-electron chi connectivity index (χ3n) is 5.56. The van der Waals surface area contributed by atoms with Gasteiger partial charge in [0.25, 0.3) is 11.5 Å². The molecule has 1 N–H and O–H groups in total. The number of fused-ring (bicyclic) bond motifs is 1. The first kappa shape index (κ1) is 22.1. The normalized spacial score (nSPS) is 11.0. The first-order valence-corrected chi connectivity index (χ1v) is 11.0. The lowest BCUT2D eigenvalue weighted by Gasteiger charge is -2.24. The Labute approximate surface area is 196 Å². The average molecular weight is 465 g/mol. The molecule has 0 spiro atoms. The van der Waals surface area contributed by atoms with E-state index in [-0.39, 0.29) is 18.0 Å². The van der Waals surface area contributed by atoms with Gasteiger partial charge in [-0.05, 0) is 60.9 Å². The van der Waals surface area contributed by atoms with E-state index in [0.717, 1.165) is 27.6 Å². The SMILES string of the molecule is Cc1ccc(C)c2[nH]c(=O)c(CN(Cc3ccc(Cl)cc3)C(=O)c3ccccc3Cl)cc12. The number of amides is 1. The molecule has 0 bridgehead atoms. The number of nitrogens with one attached hydrogen (secondary N) is 1. The minimum atomic E-state index is -0.244. The highest BCUT2D eigenvalue weighted by atomic mass is 35.5. The van der Waals surface area contributed by atoms with Gasteiger partial charge in [-0.15, -0.1) is 0 Å². The van der Waals surface area contributed by atoms with Gasteiger partial charge >= 0.3 is 0 Å². The predicted octanol–water partition coefficient (Wildman–Crippen LogP) is 6.29. The fourth-order valence-corrected chi connectivity index (χ4v) is 4.10. The fraction of sp³-hybridized carbons (Fsp3) is 0.154. The molecule has 0 saturated heterocycles. The molecule has 0 unspecified atom stereocenters. The molecule has 0 radical (unpaired) electrons. The van der Waals surface area contributed by atoms with Crippen LogP contribution in [0.2, 0.25) is 10.0 Å². The highest BCUT2D eigenvalue weighted by Gasteiger charge is 2.21. The molecule has 1 heterocycles. The molecule has 1 aromatic heterocycles. The van der Waals surface area contributed by atoms with Gasteiger partial charge in [0.05, 0.1) is 22.6 Å². The first-order chi connectivity index (χ1) is 15.3. The Bertz CT molecular complexity index is 1360. The van der Waals surface area contributed by atoms with Crippen molar-refractivity contribution in [3.8, 4) is 0 Å². The van der Waals surface area contributed by atoms with E-state index < -0.39 is 0 Å². The van der Waals surface area contributed by atoms with Crippen molar-refractivity contribution in [2.24, 2.45) is 0 Å². The maximum atomic E-state index is 13.4. The zero-order chi connectivity index (χ0) is 22.8. The number of H-pyrrole nitrogens is 1. The topological polar surface area (TPSA) is 53.2 Å². The van der Waals surface area contributed by atoms with E-state index >= 15 is 0 Å². The van der Waals surface area contributed by atoms with E-state index in [9.17, 15) is 9.59 Å². The van der Waals surface area contributed by atoms with Crippen LogP contribution < -0.4 is 5.56 Å². The molecule has 3 aromatic carbocycles. The third kappa shape index (κ3) is 4.57. The van der Waals surface area contributed by atoms with Gasteiger partial charge in [-0.1, -0.05) is 59.6 Å². The minimum Gasteiger partial charge on any atom is -0.330 e. The van der Waals surface area contributed by atoms with E-state index in [1.165, 1.54) is 0 Å². The second-order valence-electron chi connectivity index (χ2n) is 7.88. The van der Waals surface area contributed by atoms with Crippen LogP contribution in [0.3, 0.4) is 0 Å². The summed E-state index contributed by atoms with van der Waals surface area (Å²) in [6.07, 6.45) is 0. The highest BCUT2D eigenvalue weighted by Crippen LogP contribution is 2.23. The Morgan fingerprint density at radius 2 is 1.59 bits per heavy atom. The second-order valence-corrected chi connectivity index (χ2v) is 8.72. The lowest BCUT2D eigenvalue weighted by Crippen LogP contribution is -2.32. The van der Waals surface area contributed by atoms with Crippen molar-refractivity contribution < 1.29 is 4.79 Å². The molecule has 0 aliphatic heterocycles. The van der Waals surface area contributed by atoms with Crippen molar-refractivity contribution in [1.82, 2.24) is 9.88 Å². The molecule has 162 valence electrons. The molecular formula is C26H22Cl2N2O2. The van der Waals surface area contributed by atoms with Crippen LogP contribution in [0.15, 0.2) is 71.5 Å². The number of hydrogen-bond donors (Lipinski definition) is 1. The van der Waals surface area contributed by atoms with Crippen LogP contribution in [0.1, 0.15) is 32.6 Å². The van der Waals surface area contributed by atoms with Crippen LogP contribution in [0.25, 0.3) is 10.9 Å². The molecule has 0 fully saturated rings. The lowest BCUT2D eigenvalue weighted by molar-refractivity contribution is 0.0729. The van der Waals surface area contributed by atoms with Gasteiger partial charge < -0.3 is 9.88 Å². The Hall–Kier alpha value is -3.08. The number of aromatic nitrogens is 1. The molecule has 4 rings (SSSR count). The van der Waals surface area contributed by atoms with Crippen LogP contribution in [0.5, 0.6) is 0 Å². The Morgan fingerprint density at radius 1 is 0.906 bits per heavy atom. The van der Waals surface area contributed by atoms with Crippen molar-refractivity contribution >= 4 is 40.0 Å². The molecular weight excluding hydrogens is 443 g/mol. The second kappa shape index (κ2) is 9.19. The van der Waals surface area contributed by atoms with Crippen LogP contribution in [-0.4, -0.2) is 15.8 Å². The zero-order valence-electron chi connectivity index (χ0n) is 17.8.